The van der Waals surface area contributed by atoms with Crippen LogP contribution < -0.4 is 4.90 Å². The fourth-order valence-electron chi connectivity index (χ4n) is 4.33. The van der Waals surface area contributed by atoms with Gasteiger partial charge in [-0.05, 0) is 69.6 Å². The molecule has 136 valence electrons. The van der Waals surface area contributed by atoms with Crippen LogP contribution in [0.1, 0.15) is 52.0 Å². The smallest absolute Gasteiger partial charge is 0.407 e. The summed E-state index contributed by atoms with van der Waals surface area (Å²) in [4.78, 5) is 19.9. The Balaban J connectivity index is 1.54. The lowest BCUT2D eigenvalue weighted by Crippen LogP contribution is -2.56. The number of allylic oxidation sites excluding steroid dienone is 1. The Morgan fingerprint density at radius 2 is 2.04 bits per heavy atom. The normalized spacial score (nSPS) is 19.4. The van der Waals surface area contributed by atoms with Gasteiger partial charge in [0, 0.05) is 31.9 Å². The molecule has 1 saturated carbocycles. The van der Waals surface area contributed by atoms with Gasteiger partial charge in [0.1, 0.15) is 5.82 Å². The summed E-state index contributed by atoms with van der Waals surface area (Å²) in [6.45, 7) is 8.72. The lowest BCUT2D eigenvalue weighted by molar-refractivity contribution is -0.00721. The molecule has 2 fully saturated rings. The predicted molar refractivity (Wildman–Crippen MR) is 101 cm³/mol. The summed E-state index contributed by atoms with van der Waals surface area (Å²) in [5.41, 5.74) is 2.77. The van der Waals surface area contributed by atoms with E-state index in [9.17, 15) is 9.90 Å². The number of aromatic nitrogens is 1. The summed E-state index contributed by atoms with van der Waals surface area (Å²) < 4.78 is 0. The van der Waals surface area contributed by atoms with Gasteiger partial charge in [0.15, 0.2) is 0 Å². The molecule has 1 aromatic heterocycles. The van der Waals surface area contributed by atoms with Gasteiger partial charge < -0.3 is 14.9 Å². The van der Waals surface area contributed by atoms with E-state index in [1.807, 2.05) is 13.1 Å². The van der Waals surface area contributed by atoms with Crippen LogP contribution in [0, 0.1) is 5.41 Å². The molecule has 0 bridgehead atoms. The Morgan fingerprint density at radius 1 is 1.36 bits per heavy atom. The standard InChI is InChI=1S/C20H29N3O2/c1-4-23(19(24)25)17-12-20(13-17)7-9-22(10-8-20)18-6-5-16(14-21-18)11-15(2)3/h5-6,11,14,17H,4,7-10,12-13H2,1-3H3,(H,24,25). The van der Waals surface area contributed by atoms with Gasteiger partial charge in [0.05, 0.1) is 0 Å². The molecule has 1 spiro atoms. The van der Waals surface area contributed by atoms with E-state index in [1.165, 1.54) is 5.57 Å². The van der Waals surface area contributed by atoms with Crippen LogP contribution in [-0.2, 0) is 0 Å². The zero-order valence-electron chi connectivity index (χ0n) is 15.5. The molecule has 3 rings (SSSR count). The van der Waals surface area contributed by atoms with Crippen LogP contribution >= 0.6 is 0 Å². The molecule has 5 nitrogen and oxygen atoms in total. The zero-order chi connectivity index (χ0) is 18.0. The summed E-state index contributed by atoms with van der Waals surface area (Å²) in [6, 6.07) is 4.46. The van der Waals surface area contributed by atoms with E-state index in [-0.39, 0.29) is 6.04 Å². The maximum atomic E-state index is 11.3. The second-order valence-corrected chi connectivity index (χ2v) is 7.79. The average Bonchev–Trinajstić information content (AvgIpc) is 2.54. The molecule has 5 heteroatoms. The SMILES string of the molecule is CCN(C(=O)O)C1CC2(CCN(c3ccc(C=C(C)C)cn3)CC2)C1. The van der Waals surface area contributed by atoms with Gasteiger partial charge in [-0.3, -0.25) is 0 Å². The number of rotatable bonds is 4. The van der Waals surface area contributed by atoms with Crippen LogP contribution in [0.5, 0.6) is 0 Å². The minimum absolute atomic E-state index is 0.218. The topological polar surface area (TPSA) is 56.7 Å². The minimum Gasteiger partial charge on any atom is -0.465 e. The van der Waals surface area contributed by atoms with Gasteiger partial charge >= 0.3 is 6.09 Å². The largest absolute Gasteiger partial charge is 0.465 e. The number of piperidine rings is 1. The molecule has 1 aliphatic carbocycles. The second kappa shape index (κ2) is 7.06. The molecule has 0 unspecified atom stereocenters. The third-order valence-electron chi connectivity index (χ3n) is 5.74. The first-order valence-electron chi connectivity index (χ1n) is 9.28. The van der Waals surface area contributed by atoms with Gasteiger partial charge in [-0.2, -0.15) is 0 Å². The van der Waals surface area contributed by atoms with Crippen molar-refractivity contribution >= 4 is 18.0 Å². The highest BCUT2D eigenvalue weighted by molar-refractivity contribution is 5.65. The van der Waals surface area contributed by atoms with Crippen LogP contribution in [0.4, 0.5) is 10.6 Å². The molecule has 2 heterocycles. The van der Waals surface area contributed by atoms with Crippen molar-refractivity contribution in [2.45, 2.75) is 52.5 Å². The number of carbonyl (C=O) groups is 1. The fraction of sp³-hybridized carbons (Fsp3) is 0.600. The van der Waals surface area contributed by atoms with Gasteiger partial charge in [0.25, 0.3) is 0 Å². The summed E-state index contributed by atoms with van der Waals surface area (Å²) >= 11 is 0. The number of amides is 1. The Labute approximate surface area is 150 Å². The van der Waals surface area contributed by atoms with Gasteiger partial charge in [-0.1, -0.05) is 11.6 Å². The van der Waals surface area contributed by atoms with Crippen LogP contribution in [-0.4, -0.2) is 46.8 Å². The van der Waals surface area contributed by atoms with Crippen LogP contribution in [0.15, 0.2) is 23.9 Å². The van der Waals surface area contributed by atoms with Crippen molar-refractivity contribution in [2.24, 2.45) is 5.41 Å². The minimum atomic E-state index is -0.777. The van der Waals surface area contributed by atoms with E-state index >= 15 is 0 Å². The van der Waals surface area contributed by atoms with Crippen molar-refractivity contribution in [3.05, 3.63) is 29.5 Å². The quantitative estimate of drug-likeness (QED) is 0.888. The highest BCUT2D eigenvalue weighted by atomic mass is 16.4. The summed E-state index contributed by atoms with van der Waals surface area (Å²) in [6.07, 6.45) is 7.62. The van der Waals surface area contributed by atoms with Gasteiger partial charge in [0.2, 0.25) is 0 Å². The maximum Gasteiger partial charge on any atom is 0.407 e. The molecule has 1 saturated heterocycles. The van der Waals surface area contributed by atoms with E-state index < -0.39 is 6.09 Å². The lowest BCUT2D eigenvalue weighted by Gasteiger charge is -2.54. The first-order chi connectivity index (χ1) is 11.9. The van der Waals surface area contributed by atoms with Gasteiger partial charge in [-0.25, -0.2) is 9.78 Å². The Kier molecular flexibility index (Phi) is 5.02. The third kappa shape index (κ3) is 3.80. The van der Waals surface area contributed by atoms with E-state index in [2.05, 4.69) is 41.9 Å². The van der Waals surface area contributed by atoms with Crippen molar-refractivity contribution < 1.29 is 9.90 Å². The van der Waals surface area contributed by atoms with Crippen molar-refractivity contribution in [3.8, 4) is 0 Å². The third-order valence-corrected chi connectivity index (χ3v) is 5.74. The number of pyridine rings is 1. The molecule has 1 aliphatic heterocycles. The molecule has 1 amide bonds. The van der Waals surface area contributed by atoms with Crippen molar-refractivity contribution in [3.63, 3.8) is 0 Å². The molecular weight excluding hydrogens is 314 g/mol. The number of carboxylic acid groups (broad SMARTS) is 1. The summed E-state index contributed by atoms with van der Waals surface area (Å²) in [7, 11) is 0. The van der Waals surface area contributed by atoms with E-state index in [0.717, 1.165) is 50.2 Å². The number of hydrogen-bond donors (Lipinski definition) is 1. The van der Waals surface area contributed by atoms with Crippen molar-refractivity contribution in [2.75, 3.05) is 24.5 Å². The molecule has 0 radical (unpaired) electrons. The molecular formula is C20H29N3O2. The van der Waals surface area contributed by atoms with E-state index in [0.29, 0.717) is 12.0 Å². The van der Waals surface area contributed by atoms with Crippen LogP contribution in [0.3, 0.4) is 0 Å². The maximum absolute atomic E-state index is 11.3. The van der Waals surface area contributed by atoms with Crippen LogP contribution in [0.25, 0.3) is 6.08 Å². The second-order valence-electron chi connectivity index (χ2n) is 7.79. The van der Waals surface area contributed by atoms with Crippen LogP contribution in [0.2, 0.25) is 0 Å². The van der Waals surface area contributed by atoms with Gasteiger partial charge in [-0.15, -0.1) is 0 Å². The predicted octanol–water partition coefficient (Wildman–Crippen LogP) is 4.25. The Bertz CT molecular complexity index is 633. The highest BCUT2D eigenvalue weighted by Crippen LogP contribution is 2.51. The average molecular weight is 343 g/mol. The highest BCUT2D eigenvalue weighted by Gasteiger charge is 2.48. The Morgan fingerprint density at radius 3 is 2.52 bits per heavy atom. The van der Waals surface area contributed by atoms with Crippen molar-refractivity contribution in [1.82, 2.24) is 9.88 Å². The van der Waals surface area contributed by atoms with Crippen molar-refractivity contribution in [1.29, 1.82) is 0 Å². The molecule has 1 N–H and O–H groups in total. The van der Waals surface area contributed by atoms with E-state index in [4.69, 9.17) is 0 Å². The molecule has 0 atom stereocenters. The number of hydrogen-bond acceptors (Lipinski definition) is 3. The number of nitrogens with zero attached hydrogens (tertiary/aromatic N) is 3. The number of anilines is 1. The summed E-state index contributed by atoms with van der Waals surface area (Å²) in [5.74, 6) is 1.05. The Hall–Kier alpha value is -2.04. The molecule has 2 aliphatic rings. The zero-order valence-corrected chi connectivity index (χ0v) is 15.5. The molecule has 25 heavy (non-hydrogen) atoms. The fourth-order valence-corrected chi connectivity index (χ4v) is 4.33. The van der Waals surface area contributed by atoms with E-state index in [1.54, 1.807) is 4.90 Å². The first-order valence-corrected chi connectivity index (χ1v) is 9.28. The first kappa shape index (κ1) is 17.8. The molecule has 1 aromatic rings. The monoisotopic (exact) mass is 343 g/mol. The lowest BCUT2D eigenvalue weighted by atomic mass is 9.60. The molecule has 0 aromatic carbocycles. The summed E-state index contributed by atoms with van der Waals surface area (Å²) in [5, 5.41) is 9.27.